The average molecular weight is 412 g/mol. The largest absolute Gasteiger partial charge is 0.506 e. The molecular weight excluding hydrogens is 374 g/mol. The number of anilines is 1. The fourth-order valence-electron chi connectivity index (χ4n) is 3.49. The molecule has 0 radical (unpaired) electrons. The lowest BCUT2D eigenvalue weighted by molar-refractivity contribution is 0.254. The number of carbonyl (C=O) groups excluding carboxylic acids is 1. The summed E-state index contributed by atoms with van der Waals surface area (Å²) in [5, 5.41) is 18.9. The molecule has 1 atom stereocenters. The van der Waals surface area contributed by atoms with Crippen LogP contribution >= 0.6 is 0 Å². The minimum Gasteiger partial charge on any atom is -0.506 e. The Morgan fingerprint density at radius 3 is 2.27 bits per heavy atom. The lowest BCUT2D eigenvalue weighted by Gasteiger charge is -2.20. The molecule has 30 heavy (non-hydrogen) atoms. The predicted molar refractivity (Wildman–Crippen MR) is 125 cm³/mol. The van der Waals surface area contributed by atoms with Crippen LogP contribution < -0.4 is 16.0 Å². The summed E-state index contributed by atoms with van der Waals surface area (Å²) >= 11 is 0. The third-order valence-corrected chi connectivity index (χ3v) is 5.39. The van der Waals surface area contributed by atoms with Crippen molar-refractivity contribution in [2.24, 2.45) is 0 Å². The zero-order chi connectivity index (χ0) is 21.8. The van der Waals surface area contributed by atoms with Gasteiger partial charge in [-0.15, -0.1) is 0 Å². The minimum atomic E-state index is -0.345. The molecule has 2 aromatic rings. The molecule has 0 heterocycles. The second-order valence-electron chi connectivity index (χ2n) is 7.80. The summed E-state index contributed by atoms with van der Waals surface area (Å²) < 4.78 is 0. The fraction of sp³-hybridized carbons (Fsp3) is 0.480. The molecule has 2 amide bonds. The van der Waals surface area contributed by atoms with Gasteiger partial charge in [-0.3, -0.25) is 0 Å². The smallest absolute Gasteiger partial charge is 0.319 e. The van der Waals surface area contributed by atoms with E-state index in [0.29, 0.717) is 5.69 Å². The summed E-state index contributed by atoms with van der Waals surface area (Å²) in [7, 11) is 1.55. The molecule has 0 bridgehead atoms. The number of hydrogen-bond acceptors (Lipinski definition) is 3. The van der Waals surface area contributed by atoms with Crippen LogP contribution in [0.5, 0.6) is 5.75 Å². The molecule has 0 aromatic heterocycles. The number of aromatic hydroxyl groups is 1. The van der Waals surface area contributed by atoms with Gasteiger partial charge in [-0.05, 0) is 61.1 Å². The van der Waals surface area contributed by atoms with Gasteiger partial charge in [0.05, 0.1) is 5.69 Å². The number of phenolic OH excluding ortho intramolecular Hbond substituents is 1. The van der Waals surface area contributed by atoms with Gasteiger partial charge >= 0.3 is 6.03 Å². The van der Waals surface area contributed by atoms with Crippen LogP contribution in [0.3, 0.4) is 0 Å². The number of hydrogen-bond donors (Lipinski definition) is 4. The highest BCUT2D eigenvalue weighted by atomic mass is 16.3. The Bertz CT molecular complexity index is 774. The van der Waals surface area contributed by atoms with Crippen molar-refractivity contribution in [1.82, 2.24) is 10.6 Å². The maximum atomic E-state index is 11.6. The molecule has 0 saturated carbocycles. The van der Waals surface area contributed by atoms with E-state index in [4.69, 9.17) is 0 Å². The SMILES string of the molecule is CCCCc1ccc(CCNC(CCCC)c2ccc(O)c(NC(=O)NC)c2)cc1. The Morgan fingerprint density at radius 2 is 1.63 bits per heavy atom. The molecule has 0 aliphatic rings. The molecule has 0 aliphatic carbocycles. The van der Waals surface area contributed by atoms with Gasteiger partial charge in [-0.2, -0.15) is 0 Å². The van der Waals surface area contributed by atoms with Crippen molar-refractivity contribution in [2.75, 3.05) is 18.9 Å². The van der Waals surface area contributed by atoms with Gasteiger partial charge in [0.1, 0.15) is 5.75 Å². The average Bonchev–Trinajstić information content (AvgIpc) is 2.77. The number of nitrogens with one attached hydrogen (secondary N) is 3. The quantitative estimate of drug-likeness (QED) is 0.346. The Hall–Kier alpha value is -2.53. The first kappa shape index (κ1) is 23.7. The number of phenols is 1. The zero-order valence-electron chi connectivity index (χ0n) is 18.6. The summed E-state index contributed by atoms with van der Waals surface area (Å²) in [5.41, 5.74) is 4.25. The molecule has 1 unspecified atom stereocenters. The van der Waals surface area contributed by atoms with E-state index in [9.17, 15) is 9.90 Å². The Labute approximate surface area is 181 Å². The standard InChI is InChI=1S/C25H37N3O2/c1-4-6-8-19-10-12-20(13-11-19)16-17-27-22(9-7-5-2)21-14-15-24(29)23(18-21)28-25(30)26-3/h10-15,18,22,27,29H,4-9,16-17H2,1-3H3,(H2,26,28,30). The van der Waals surface area contributed by atoms with Crippen molar-refractivity contribution >= 4 is 11.7 Å². The molecule has 4 N–H and O–H groups in total. The number of urea groups is 1. The van der Waals surface area contributed by atoms with Gasteiger partial charge in [-0.1, -0.05) is 63.4 Å². The number of aryl methyl sites for hydroxylation is 1. The molecule has 0 spiro atoms. The van der Waals surface area contributed by atoms with Crippen molar-refractivity contribution in [3.05, 3.63) is 59.2 Å². The lowest BCUT2D eigenvalue weighted by atomic mass is 9.99. The second kappa shape index (κ2) is 12.9. The number of carbonyl (C=O) groups is 1. The molecule has 2 aromatic carbocycles. The Balaban J connectivity index is 2.00. The first-order valence-corrected chi connectivity index (χ1v) is 11.2. The van der Waals surface area contributed by atoms with Crippen molar-refractivity contribution in [1.29, 1.82) is 0 Å². The highest BCUT2D eigenvalue weighted by Crippen LogP contribution is 2.29. The van der Waals surface area contributed by atoms with Crippen LogP contribution in [0.2, 0.25) is 0 Å². The molecule has 0 fully saturated rings. The van der Waals surface area contributed by atoms with Gasteiger partial charge in [-0.25, -0.2) is 4.79 Å². The normalized spacial score (nSPS) is 11.8. The first-order valence-electron chi connectivity index (χ1n) is 11.2. The summed E-state index contributed by atoms with van der Waals surface area (Å²) in [5.74, 6) is 0.0692. The summed E-state index contributed by atoms with van der Waals surface area (Å²) in [4.78, 5) is 11.6. The molecule has 164 valence electrons. The van der Waals surface area contributed by atoms with E-state index in [-0.39, 0.29) is 17.8 Å². The summed E-state index contributed by atoms with van der Waals surface area (Å²) in [6.07, 6.45) is 7.84. The van der Waals surface area contributed by atoms with Crippen molar-refractivity contribution in [2.45, 2.75) is 64.8 Å². The maximum Gasteiger partial charge on any atom is 0.319 e. The van der Waals surface area contributed by atoms with Crippen LogP contribution in [0.25, 0.3) is 0 Å². The summed E-state index contributed by atoms with van der Waals surface area (Å²) in [6, 6.07) is 14.2. The molecule has 0 saturated heterocycles. The highest BCUT2D eigenvalue weighted by Gasteiger charge is 2.14. The monoisotopic (exact) mass is 411 g/mol. The van der Waals surface area contributed by atoms with Gasteiger partial charge in [0.2, 0.25) is 0 Å². The van der Waals surface area contributed by atoms with E-state index in [1.54, 1.807) is 13.1 Å². The number of unbranched alkanes of at least 4 members (excludes halogenated alkanes) is 2. The molecular formula is C25H37N3O2. The third kappa shape index (κ3) is 7.71. The van der Waals surface area contributed by atoms with Crippen LogP contribution in [0, 0.1) is 0 Å². The minimum absolute atomic E-state index is 0.0692. The van der Waals surface area contributed by atoms with Crippen molar-refractivity contribution < 1.29 is 9.90 Å². The van der Waals surface area contributed by atoms with E-state index >= 15 is 0 Å². The van der Waals surface area contributed by atoms with Gasteiger partial charge < -0.3 is 21.1 Å². The first-order chi connectivity index (χ1) is 14.6. The van der Waals surface area contributed by atoms with E-state index in [0.717, 1.165) is 44.2 Å². The van der Waals surface area contributed by atoms with E-state index in [1.165, 1.54) is 24.0 Å². The molecule has 2 rings (SSSR count). The Morgan fingerprint density at radius 1 is 0.967 bits per heavy atom. The molecule has 5 nitrogen and oxygen atoms in total. The van der Waals surface area contributed by atoms with Crippen molar-refractivity contribution in [3.8, 4) is 5.75 Å². The lowest BCUT2D eigenvalue weighted by Crippen LogP contribution is -2.26. The zero-order valence-corrected chi connectivity index (χ0v) is 18.6. The van der Waals surface area contributed by atoms with Gasteiger partial charge in [0.25, 0.3) is 0 Å². The highest BCUT2D eigenvalue weighted by molar-refractivity contribution is 5.90. The van der Waals surface area contributed by atoms with Crippen molar-refractivity contribution in [3.63, 3.8) is 0 Å². The van der Waals surface area contributed by atoms with E-state index in [2.05, 4.69) is 54.1 Å². The van der Waals surface area contributed by atoms with Gasteiger partial charge in [0, 0.05) is 13.1 Å². The maximum absolute atomic E-state index is 11.6. The number of amides is 2. The van der Waals surface area contributed by atoms with E-state index < -0.39 is 0 Å². The fourth-order valence-corrected chi connectivity index (χ4v) is 3.49. The molecule has 0 aliphatic heterocycles. The van der Waals surface area contributed by atoms with Crippen LogP contribution in [0.15, 0.2) is 42.5 Å². The second-order valence-corrected chi connectivity index (χ2v) is 7.80. The topological polar surface area (TPSA) is 73.4 Å². The van der Waals surface area contributed by atoms with E-state index in [1.807, 2.05) is 12.1 Å². The van der Waals surface area contributed by atoms with Crippen LogP contribution in [-0.2, 0) is 12.8 Å². The third-order valence-electron chi connectivity index (χ3n) is 5.39. The molecule has 5 heteroatoms. The number of rotatable bonds is 12. The van der Waals surface area contributed by atoms with Crippen LogP contribution in [0.4, 0.5) is 10.5 Å². The number of benzene rings is 2. The Kier molecular flexibility index (Phi) is 10.2. The van der Waals surface area contributed by atoms with Crippen LogP contribution in [0.1, 0.15) is 68.7 Å². The summed E-state index contributed by atoms with van der Waals surface area (Å²) in [6.45, 7) is 5.29. The van der Waals surface area contributed by atoms with Crippen LogP contribution in [-0.4, -0.2) is 24.7 Å². The predicted octanol–water partition coefficient (Wildman–Crippen LogP) is 5.55. The van der Waals surface area contributed by atoms with Gasteiger partial charge in [0.15, 0.2) is 0 Å².